The Morgan fingerprint density at radius 2 is 2.10 bits per heavy atom. The summed E-state index contributed by atoms with van der Waals surface area (Å²) in [5.41, 5.74) is 1.80. The molecule has 1 atom stereocenters. The lowest BCUT2D eigenvalue weighted by Crippen LogP contribution is -2.15. The van der Waals surface area contributed by atoms with Crippen molar-refractivity contribution in [3.05, 3.63) is 21.8 Å². The third-order valence-electron chi connectivity index (χ3n) is 6.33. The number of anilines is 1. The smallest absolute Gasteiger partial charge is 0.235 e. The molecule has 1 saturated carbocycles. The first-order valence-corrected chi connectivity index (χ1v) is 12.7. The molecule has 1 N–H and O–H groups in total. The lowest BCUT2D eigenvalue weighted by molar-refractivity contribution is -0.113. The number of carbonyl (C=O) groups is 1. The molecule has 2 aliphatic carbocycles. The van der Waals surface area contributed by atoms with Gasteiger partial charge in [0, 0.05) is 18.3 Å². The fraction of sp³-hybridized carbons (Fsp3) is 0.636. The van der Waals surface area contributed by atoms with E-state index >= 15 is 0 Å². The predicted octanol–water partition coefficient (Wildman–Crippen LogP) is 4.73. The maximum atomic E-state index is 12.6. The monoisotopic (exact) mass is 443 g/mol. The van der Waals surface area contributed by atoms with Gasteiger partial charge in [-0.15, -0.1) is 21.5 Å². The van der Waals surface area contributed by atoms with Gasteiger partial charge in [0.25, 0.3) is 0 Å². The topological polar surface area (TPSA) is 83.6 Å². The normalized spacial score (nSPS) is 19.3. The summed E-state index contributed by atoms with van der Waals surface area (Å²) >= 11 is 2.98. The summed E-state index contributed by atoms with van der Waals surface area (Å²) in [5, 5.41) is 22.7. The molecule has 2 aliphatic rings. The molecule has 2 aromatic rings. The van der Waals surface area contributed by atoms with Gasteiger partial charge >= 0.3 is 0 Å². The summed E-state index contributed by atoms with van der Waals surface area (Å²) in [6.45, 7) is 2.24. The van der Waals surface area contributed by atoms with Crippen LogP contribution in [-0.2, 0) is 31.1 Å². The highest BCUT2D eigenvalue weighted by Gasteiger charge is 2.25. The van der Waals surface area contributed by atoms with Crippen LogP contribution in [0.2, 0.25) is 0 Å². The van der Waals surface area contributed by atoms with Crippen molar-refractivity contribution in [2.75, 3.05) is 11.1 Å². The standard InChI is InChI=1S/C22H29N5OS2/c1-14-8-9-16-17(12-23)21(30-18(16)10-14)24-20(28)13-29-22-26-25-19(27(22)2)11-15-6-4-3-5-7-15/h14-15H,3-11,13H2,1-2H3,(H,24,28). The number of fused-ring (bicyclic) bond motifs is 1. The molecule has 0 aromatic carbocycles. The molecule has 1 unspecified atom stereocenters. The van der Waals surface area contributed by atoms with E-state index in [0.29, 0.717) is 22.4 Å². The van der Waals surface area contributed by atoms with Crippen LogP contribution < -0.4 is 5.32 Å². The van der Waals surface area contributed by atoms with E-state index in [4.69, 9.17) is 0 Å². The van der Waals surface area contributed by atoms with Crippen LogP contribution >= 0.6 is 23.1 Å². The van der Waals surface area contributed by atoms with Crippen molar-refractivity contribution in [2.45, 2.75) is 69.9 Å². The predicted molar refractivity (Wildman–Crippen MR) is 121 cm³/mol. The highest BCUT2D eigenvalue weighted by atomic mass is 32.2. The van der Waals surface area contributed by atoms with E-state index in [0.717, 1.165) is 42.2 Å². The average Bonchev–Trinajstić information content (AvgIpc) is 3.26. The molecule has 2 heterocycles. The molecule has 160 valence electrons. The Bertz CT molecular complexity index is 952. The largest absolute Gasteiger partial charge is 0.316 e. The molecular weight excluding hydrogens is 414 g/mol. The van der Waals surface area contributed by atoms with Crippen LogP contribution in [0, 0.1) is 23.2 Å². The number of amides is 1. The molecule has 0 bridgehead atoms. The second kappa shape index (κ2) is 9.52. The third kappa shape index (κ3) is 4.73. The number of thioether (sulfide) groups is 1. The van der Waals surface area contributed by atoms with Crippen LogP contribution in [0.1, 0.15) is 67.3 Å². The molecule has 1 fully saturated rings. The second-order valence-corrected chi connectivity index (χ2v) is 10.7. The van der Waals surface area contributed by atoms with Crippen LogP contribution in [0.25, 0.3) is 0 Å². The molecule has 4 rings (SSSR count). The van der Waals surface area contributed by atoms with Gasteiger partial charge in [0.1, 0.15) is 16.9 Å². The number of nitriles is 1. The first-order chi connectivity index (χ1) is 14.5. The van der Waals surface area contributed by atoms with Crippen molar-refractivity contribution >= 4 is 34.0 Å². The SMILES string of the molecule is CC1CCc2c(sc(NC(=O)CSc3nnc(CC4CCCCC4)n3C)c2C#N)C1. The minimum atomic E-state index is -0.0972. The van der Waals surface area contributed by atoms with Crippen molar-refractivity contribution in [1.29, 1.82) is 5.26 Å². The maximum absolute atomic E-state index is 12.6. The van der Waals surface area contributed by atoms with E-state index in [-0.39, 0.29) is 11.7 Å². The highest BCUT2D eigenvalue weighted by molar-refractivity contribution is 7.99. The minimum Gasteiger partial charge on any atom is -0.316 e. The van der Waals surface area contributed by atoms with E-state index in [9.17, 15) is 10.1 Å². The fourth-order valence-corrected chi connectivity index (χ4v) is 6.66. The van der Waals surface area contributed by atoms with Crippen molar-refractivity contribution < 1.29 is 4.79 Å². The number of rotatable bonds is 6. The molecule has 2 aromatic heterocycles. The zero-order valence-electron chi connectivity index (χ0n) is 17.7. The summed E-state index contributed by atoms with van der Waals surface area (Å²) in [6.07, 6.45) is 10.6. The Labute approximate surface area is 186 Å². The van der Waals surface area contributed by atoms with Crippen LogP contribution in [-0.4, -0.2) is 26.4 Å². The van der Waals surface area contributed by atoms with Gasteiger partial charge in [-0.1, -0.05) is 50.8 Å². The number of carbonyl (C=O) groups excluding carboxylic acids is 1. The van der Waals surface area contributed by atoms with Crippen LogP contribution in [0.4, 0.5) is 5.00 Å². The van der Waals surface area contributed by atoms with Crippen molar-refractivity contribution in [3.63, 3.8) is 0 Å². The van der Waals surface area contributed by atoms with Crippen molar-refractivity contribution in [1.82, 2.24) is 14.8 Å². The fourth-order valence-electron chi connectivity index (χ4n) is 4.55. The Kier molecular flexibility index (Phi) is 6.79. The third-order valence-corrected chi connectivity index (χ3v) is 8.52. The molecule has 0 radical (unpaired) electrons. The molecule has 8 heteroatoms. The van der Waals surface area contributed by atoms with Gasteiger partial charge in [0.05, 0.1) is 11.3 Å². The first-order valence-electron chi connectivity index (χ1n) is 10.9. The number of hydrogen-bond donors (Lipinski definition) is 1. The van der Waals surface area contributed by atoms with Gasteiger partial charge < -0.3 is 9.88 Å². The zero-order valence-corrected chi connectivity index (χ0v) is 19.4. The highest BCUT2D eigenvalue weighted by Crippen LogP contribution is 2.39. The lowest BCUT2D eigenvalue weighted by atomic mass is 9.87. The first kappa shape index (κ1) is 21.4. The summed E-state index contributed by atoms with van der Waals surface area (Å²) < 4.78 is 2.03. The minimum absolute atomic E-state index is 0.0972. The number of hydrogen-bond acceptors (Lipinski definition) is 6. The van der Waals surface area contributed by atoms with E-state index < -0.39 is 0 Å². The van der Waals surface area contributed by atoms with E-state index in [2.05, 4.69) is 28.5 Å². The van der Waals surface area contributed by atoms with Crippen LogP contribution in [0.15, 0.2) is 5.16 Å². The van der Waals surface area contributed by atoms with Crippen molar-refractivity contribution in [2.24, 2.45) is 18.9 Å². The van der Waals surface area contributed by atoms with Crippen molar-refractivity contribution in [3.8, 4) is 6.07 Å². The molecule has 1 amide bonds. The maximum Gasteiger partial charge on any atom is 0.235 e. The molecular formula is C22H29N5OS2. The van der Waals surface area contributed by atoms with Gasteiger partial charge in [-0.05, 0) is 36.7 Å². The number of thiophene rings is 1. The number of aromatic nitrogens is 3. The van der Waals surface area contributed by atoms with Gasteiger partial charge in [-0.3, -0.25) is 4.79 Å². The van der Waals surface area contributed by atoms with E-state index in [1.54, 1.807) is 11.3 Å². The quantitative estimate of drug-likeness (QED) is 0.653. The van der Waals surface area contributed by atoms with Gasteiger partial charge in [-0.2, -0.15) is 5.26 Å². The number of nitrogens with zero attached hydrogens (tertiary/aromatic N) is 4. The van der Waals surface area contributed by atoms with Crippen LogP contribution in [0.5, 0.6) is 0 Å². The van der Waals surface area contributed by atoms with Crippen LogP contribution in [0.3, 0.4) is 0 Å². The molecule has 30 heavy (non-hydrogen) atoms. The average molecular weight is 444 g/mol. The number of nitrogens with one attached hydrogen (secondary N) is 1. The second-order valence-electron chi connectivity index (χ2n) is 8.67. The molecule has 0 aliphatic heterocycles. The summed E-state index contributed by atoms with van der Waals surface area (Å²) in [4.78, 5) is 13.8. The molecule has 0 spiro atoms. The summed E-state index contributed by atoms with van der Waals surface area (Å²) in [7, 11) is 1.99. The summed E-state index contributed by atoms with van der Waals surface area (Å²) in [5.74, 6) is 2.52. The Balaban J connectivity index is 1.35. The molecule has 6 nitrogen and oxygen atoms in total. The molecule has 0 saturated heterocycles. The zero-order chi connectivity index (χ0) is 21.1. The van der Waals surface area contributed by atoms with Gasteiger partial charge in [0.2, 0.25) is 5.91 Å². The van der Waals surface area contributed by atoms with E-state index in [1.807, 2.05) is 11.6 Å². The summed E-state index contributed by atoms with van der Waals surface area (Å²) in [6, 6.07) is 2.31. The van der Waals surface area contributed by atoms with Gasteiger partial charge in [0.15, 0.2) is 5.16 Å². The lowest BCUT2D eigenvalue weighted by Gasteiger charge is -2.20. The van der Waals surface area contributed by atoms with Gasteiger partial charge in [-0.25, -0.2) is 0 Å². The van der Waals surface area contributed by atoms with E-state index in [1.165, 1.54) is 48.7 Å². The Morgan fingerprint density at radius 1 is 1.30 bits per heavy atom. The Hall–Kier alpha value is -1.85. The Morgan fingerprint density at radius 3 is 2.87 bits per heavy atom.